The van der Waals surface area contributed by atoms with E-state index in [0.717, 1.165) is 43.0 Å². The van der Waals surface area contributed by atoms with Crippen LogP contribution in [0.2, 0.25) is 0 Å². The van der Waals surface area contributed by atoms with Gasteiger partial charge in [-0.2, -0.15) is 0 Å². The molecule has 6 aromatic rings. The quantitative estimate of drug-likeness (QED) is 0.175. The van der Waals surface area contributed by atoms with Gasteiger partial charge in [0.1, 0.15) is 17.1 Å². The number of phenolic OH excluding ortho intramolecular Hbond substituents is 1. The van der Waals surface area contributed by atoms with Gasteiger partial charge in [-0.15, -0.1) is 22.9 Å². The van der Waals surface area contributed by atoms with Crippen LogP contribution in [0, 0.1) is 6.92 Å². The number of carbonyl (C=O) groups is 2. The first-order chi connectivity index (χ1) is 18.9. The molecular weight excluding hydrogens is 532 g/mol. The van der Waals surface area contributed by atoms with Crippen molar-refractivity contribution in [1.82, 2.24) is 9.97 Å². The van der Waals surface area contributed by atoms with E-state index in [4.69, 9.17) is 11.6 Å². The predicted octanol–water partition coefficient (Wildman–Crippen LogP) is 7.11. The highest BCUT2D eigenvalue weighted by Gasteiger charge is 2.36. The van der Waals surface area contributed by atoms with Crippen molar-refractivity contribution in [2.45, 2.75) is 12.8 Å². The summed E-state index contributed by atoms with van der Waals surface area (Å²) in [5.74, 6) is 0.0704. The lowest BCUT2D eigenvalue weighted by molar-refractivity contribution is 0.0983. The van der Waals surface area contributed by atoms with Gasteiger partial charge in [0, 0.05) is 57.3 Å². The van der Waals surface area contributed by atoms with Gasteiger partial charge in [0.2, 0.25) is 0 Å². The summed E-state index contributed by atoms with van der Waals surface area (Å²) in [6.07, 6.45) is 0. The minimum absolute atomic E-state index is 0.0298. The fourth-order valence-electron chi connectivity index (χ4n) is 5.60. The Labute approximate surface area is 232 Å². The third kappa shape index (κ3) is 3.78. The van der Waals surface area contributed by atoms with Crippen molar-refractivity contribution in [2.75, 3.05) is 22.6 Å². The SMILES string of the molecule is Cc1csc2c(O)cc3c(c12)C(CCl)CN3C(=O)c1cc2cc(NC(=O)c3cc4ccccc4[nH]3)ccc2[nH]1. The molecule has 3 aromatic carbocycles. The van der Waals surface area contributed by atoms with Crippen molar-refractivity contribution in [3.8, 4) is 5.75 Å². The lowest BCUT2D eigenvalue weighted by Crippen LogP contribution is -2.30. The van der Waals surface area contributed by atoms with Gasteiger partial charge >= 0.3 is 0 Å². The molecule has 0 radical (unpaired) electrons. The number of carbonyl (C=O) groups excluding carboxylic acids is 2. The van der Waals surface area contributed by atoms with Crippen LogP contribution in [-0.2, 0) is 0 Å². The van der Waals surface area contributed by atoms with Gasteiger partial charge in [-0.05, 0) is 59.8 Å². The van der Waals surface area contributed by atoms with E-state index in [1.54, 1.807) is 23.1 Å². The zero-order valence-corrected chi connectivity index (χ0v) is 22.4. The van der Waals surface area contributed by atoms with Crippen molar-refractivity contribution >= 4 is 78.0 Å². The number of H-pyrrole nitrogens is 2. The fraction of sp³-hybridized carbons (Fsp3) is 0.133. The van der Waals surface area contributed by atoms with Crippen molar-refractivity contribution in [1.29, 1.82) is 0 Å². The number of aryl methyl sites for hydroxylation is 1. The van der Waals surface area contributed by atoms with Gasteiger partial charge in [0.05, 0.1) is 10.4 Å². The molecule has 4 N–H and O–H groups in total. The predicted molar refractivity (Wildman–Crippen MR) is 158 cm³/mol. The van der Waals surface area contributed by atoms with Crippen molar-refractivity contribution in [2.24, 2.45) is 0 Å². The van der Waals surface area contributed by atoms with Crippen molar-refractivity contribution in [3.63, 3.8) is 0 Å². The molecule has 39 heavy (non-hydrogen) atoms. The van der Waals surface area contributed by atoms with Crippen LogP contribution in [-0.4, -0.2) is 39.3 Å². The molecule has 7 nitrogen and oxygen atoms in total. The number of thiophene rings is 1. The molecular formula is C30H23ClN4O3S. The molecule has 0 saturated heterocycles. The number of nitrogens with zero attached hydrogens (tertiary/aromatic N) is 1. The van der Waals surface area contributed by atoms with Crippen LogP contribution in [0.25, 0.3) is 31.9 Å². The Morgan fingerprint density at radius 2 is 1.82 bits per heavy atom. The molecule has 0 bridgehead atoms. The molecule has 1 aliphatic heterocycles. The molecule has 1 atom stereocenters. The summed E-state index contributed by atoms with van der Waals surface area (Å²) in [6, 6.07) is 18.5. The maximum atomic E-state index is 13.7. The number of aromatic amines is 2. The first-order valence-corrected chi connectivity index (χ1v) is 14.0. The Bertz CT molecular complexity index is 1920. The minimum atomic E-state index is -0.243. The van der Waals surface area contributed by atoms with Crippen LogP contribution >= 0.6 is 22.9 Å². The summed E-state index contributed by atoms with van der Waals surface area (Å²) < 4.78 is 0.823. The van der Waals surface area contributed by atoms with Crippen LogP contribution < -0.4 is 10.2 Å². The van der Waals surface area contributed by atoms with Gasteiger partial charge in [-0.25, -0.2) is 0 Å². The molecule has 1 aliphatic rings. The normalized spacial score (nSPS) is 14.9. The molecule has 3 aromatic heterocycles. The molecule has 194 valence electrons. The number of nitrogens with one attached hydrogen (secondary N) is 3. The number of fused-ring (bicyclic) bond motifs is 5. The minimum Gasteiger partial charge on any atom is -0.506 e. The van der Waals surface area contributed by atoms with Gasteiger partial charge in [-0.1, -0.05) is 18.2 Å². The van der Waals surface area contributed by atoms with Crippen LogP contribution in [0.4, 0.5) is 11.4 Å². The highest BCUT2D eigenvalue weighted by atomic mass is 35.5. The number of hydrogen-bond acceptors (Lipinski definition) is 4. The Kier molecular flexibility index (Phi) is 5.43. The Balaban J connectivity index is 1.19. The van der Waals surface area contributed by atoms with Crippen molar-refractivity contribution in [3.05, 3.63) is 88.6 Å². The number of rotatable bonds is 4. The second kappa shape index (κ2) is 8.90. The van der Waals surface area contributed by atoms with Crippen LogP contribution in [0.5, 0.6) is 5.75 Å². The van der Waals surface area contributed by atoms with Gasteiger partial charge < -0.3 is 25.3 Å². The van der Waals surface area contributed by atoms with E-state index in [1.165, 1.54) is 11.3 Å². The summed E-state index contributed by atoms with van der Waals surface area (Å²) >= 11 is 7.86. The zero-order chi connectivity index (χ0) is 26.8. The highest BCUT2D eigenvalue weighted by molar-refractivity contribution is 7.17. The summed E-state index contributed by atoms with van der Waals surface area (Å²) in [6.45, 7) is 2.45. The number of hydrogen-bond donors (Lipinski definition) is 4. The third-order valence-corrected chi connectivity index (χ3v) is 8.94. The first-order valence-electron chi connectivity index (χ1n) is 12.5. The summed E-state index contributed by atoms with van der Waals surface area (Å²) in [5, 5.41) is 18.4. The lowest BCUT2D eigenvalue weighted by Gasteiger charge is -2.17. The average Bonchev–Trinajstić information content (AvgIpc) is 3.71. The number of aromatic hydroxyl groups is 1. The summed E-state index contributed by atoms with van der Waals surface area (Å²) in [5.41, 5.74) is 5.98. The number of aromatic nitrogens is 2. The lowest BCUT2D eigenvalue weighted by atomic mass is 9.97. The largest absolute Gasteiger partial charge is 0.506 e. The van der Waals surface area contributed by atoms with Crippen LogP contribution in [0.3, 0.4) is 0 Å². The van der Waals surface area contributed by atoms with E-state index in [-0.39, 0.29) is 23.5 Å². The molecule has 0 saturated carbocycles. The molecule has 4 heterocycles. The Hall–Kier alpha value is -4.27. The highest BCUT2D eigenvalue weighted by Crippen LogP contribution is 2.48. The maximum Gasteiger partial charge on any atom is 0.274 e. The third-order valence-electron chi connectivity index (χ3n) is 7.44. The fourth-order valence-corrected chi connectivity index (χ4v) is 6.83. The number of halogens is 1. The van der Waals surface area contributed by atoms with Gasteiger partial charge in [0.25, 0.3) is 11.8 Å². The molecule has 2 amide bonds. The maximum absolute atomic E-state index is 13.7. The van der Waals surface area contributed by atoms with E-state index in [2.05, 4.69) is 15.3 Å². The molecule has 0 aliphatic carbocycles. The van der Waals surface area contributed by atoms with Gasteiger partial charge in [-0.3, -0.25) is 9.59 Å². The van der Waals surface area contributed by atoms with E-state index in [9.17, 15) is 14.7 Å². The summed E-state index contributed by atoms with van der Waals surface area (Å²) in [4.78, 5) is 34.7. The molecule has 0 spiro atoms. The van der Waals surface area contributed by atoms with E-state index < -0.39 is 0 Å². The number of anilines is 2. The number of alkyl halides is 1. The van der Waals surface area contributed by atoms with E-state index in [0.29, 0.717) is 35.2 Å². The van der Waals surface area contributed by atoms with Gasteiger partial charge in [0.15, 0.2) is 0 Å². The number of benzene rings is 3. The average molecular weight is 555 g/mol. The van der Waals surface area contributed by atoms with Crippen LogP contribution in [0.1, 0.15) is 38.0 Å². The molecule has 9 heteroatoms. The number of amides is 2. The second-order valence-corrected chi connectivity index (χ2v) is 11.1. The number of para-hydroxylation sites is 1. The Morgan fingerprint density at radius 1 is 1.05 bits per heavy atom. The van der Waals surface area contributed by atoms with E-state index in [1.807, 2.05) is 54.8 Å². The Morgan fingerprint density at radius 3 is 2.64 bits per heavy atom. The molecule has 1 unspecified atom stereocenters. The standard InChI is InChI=1S/C30H23ClN4O3S/c1-15-14-39-28-25(36)11-24-27(26(15)28)18(12-31)13-35(24)30(38)23-10-17-8-19(6-7-21(17)34-23)32-29(37)22-9-16-4-2-3-5-20(16)33-22/h2-11,14,18,33-34,36H,12-13H2,1H3,(H,32,37). The topological polar surface area (TPSA) is 101 Å². The number of phenols is 1. The second-order valence-electron chi connectivity index (χ2n) is 9.93. The molecule has 7 rings (SSSR count). The molecule has 0 fully saturated rings. The smallest absolute Gasteiger partial charge is 0.274 e. The van der Waals surface area contributed by atoms with Crippen molar-refractivity contribution < 1.29 is 14.7 Å². The van der Waals surface area contributed by atoms with Crippen LogP contribution in [0.15, 0.2) is 66.0 Å². The monoisotopic (exact) mass is 554 g/mol. The summed E-state index contributed by atoms with van der Waals surface area (Å²) in [7, 11) is 0. The zero-order valence-electron chi connectivity index (χ0n) is 20.8. The van der Waals surface area contributed by atoms with E-state index >= 15 is 0 Å². The first kappa shape index (κ1) is 23.8.